The first-order valence-electron chi connectivity index (χ1n) is 8.86. The van der Waals surface area contributed by atoms with Crippen molar-refractivity contribution >= 4 is 11.5 Å². The van der Waals surface area contributed by atoms with Crippen molar-refractivity contribution in [3.05, 3.63) is 41.5 Å². The highest BCUT2D eigenvalue weighted by Crippen LogP contribution is 2.44. The number of benzene rings is 1. The molecule has 2 fully saturated rings. The van der Waals surface area contributed by atoms with Crippen LogP contribution in [0.5, 0.6) is 0 Å². The Hall–Kier alpha value is -2.12. The minimum Gasteiger partial charge on any atom is -0.394 e. The molecule has 1 saturated carbocycles. The van der Waals surface area contributed by atoms with Gasteiger partial charge in [-0.3, -0.25) is 4.79 Å². The summed E-state index contributed by atoms with van der Waals surface area (Å²) in [6.45, 7) is -0.0891. The molecule has 0 aromatic heterocycles. The number of hydrogen-bond acceptors (Lipinski definition) is 3. The minimum absolute atomic E-state index is 0.0459. The maximum absolute atomic E-state index is 12.4. The first-order chi connectivity index (χ1) is 11.7. The standard InChI is InChI=1S/C20H22N2O2/c21-11-17-19(18(12-23)22(17)20(24)16-9-10-16)15-7-5-14(6-8-15)13-3-1-2-4-13/h3,5-8,16-19,23H,1-2,4,9-10,12H2/t17-,18+,19+/m0/s1. The molecule has 3 atom stereocenters. The lowest BCUT2D eigenvalue weighted by Gasteiger charge is -2.51. The van der Waals surface area contributed by atoms with Gasteiger partial charge in [0, 0.05) is 11.8 Å². The van der Waals surface area contributed by atoms with Crippen LogP contribution >= 0.6 is 0 Å². The van der Waals surface area contributed by atoms with Crippen molar-refractivity contribution in [2.45, 2.75) is 50.1 Å². The number of aliphatic hydroxyl groups excluding tert-OH is 1. The van der Waals surface area contributed by atoms with Crippen LogP contribution < -0.4 is 0 Å². The fourth-order valence-corrected chi connectivity index (χ4v) is 4.10. The second-order valence-corrected chi connectivity index (χ2v) is 7.11. The Bertz CT molecular complexity index is 712. The van der Waals surface area contributed by atoms with Crippen LogP contribution in [0.3, 0.4) is 0 Å². The molecule has 1 aliphatic heterocycles. The molecule has 0 spiro atoms. The first-order valence-corrected chi connectivity index (χ1v) is 8.86. The van der Waals surface area contributed by atoms with Crippen LogP contribution in [0, 0.1) is 17.2 Å². The van der Waals surface area contributed by atoms with Gasteiger partial charge >= 0.3 is 0 Å². The molecule has 124 valence electrons. The third-order valence-corrected chi connectivity index (χ3v) is 5.62. The van der Waals surface area contributed by atoms with Crippen LogP contribution in [0.15, 0.2) is 30.3 Å². The summed E-state index contributed by atoms with van der Waals surface area (Å²) in [5, 5.41) is 19.3. The van der Waals surface area contributed by atoms with E-state index in [1.807, 2.05) is 0 Å². The number of aliphatic hydroxyl groups is 1. The van der Waals surface area contributed by atoms with Crippen molar-refractivity contribution in [1.82, 2.24) is 4.90 Å². The van der Waals surface area contributed by atoms with Gasteiger partial charge < -0.3 is 10.0 Å². The fourth-order valence-electron chi connectivity index (χ4n) is 4.10. The van der Waals surface area contributed by atoms with Crippen molar-refractivity contribution in [2.24, 2.45) is 5.92 Å². The fraction of sp³-hybridized carbons (Fsp3) is 0.500. The Morgan fingerprint density at radius 2 is 2.04 bits per heavy atom. The molecule has 0 bridgehead atoms. The second kappa shape index (κ2) is 6.07. The van der Waals surface area contributed by atoms with Gasteiger partial charge in [-0.05, 0) is 48.8 Å². The minimum atomic E-state index is -0.452. The number of allylic oxidation sites excluding steroid dienone is 2. The SMILES string of the molecule is N#C[C@H]1[C@@H](c2ccc(C3=CCCC3)cc2)[C@@H](CO)N1C(=O)C1CC1. The quantitative estimate of drug-likeness (QED) is 0.927. The number of carbonyl (C=O) groups is 1. The Morgan fingerprint density at radius 1 is 1.29 bits per heavy atom. The monoisotopic (exact) mass is 322 g/mol. The maximum atomic E-state index is 12.4. The predicted molar refractivity (Wildman–Crippen MR) is 90.9 cm³/mol. The van der Waals surface area contributed by atoms with Crippen molar-refractivity contribution in [3.8, 4) is 6.07 Å². The summed E-state index contributed by atoms with van der Waals surface area (Å²) < 4.78 is 0. The van der Waals surface area contributed by atoms with Crippen molar-refractivity contribution in [2.75, 3.05) is 6.61 Å². The van der Waals surface area contributed by atoms with Crippen LogP contribution in [0.1, 0.15) is 49.1 Å². The first kappa shape index (κ1) is 15.4. The summed E-state index contributed by atoms with van der Waals surface area (Å²) in [5.74, 6) is 0.0337. The largest absolute Gasteiger partial charge is 0.394 e. The Morgan fingerprint density at radius 3 is 2.58 bits per heavy atom. The van der Waals surface area contributed by atoms with E-state index < -0.39 is 6.04 Å². The molecular weight excluding hydrogens is 300 g/mol. The average Bonchev–Trinajstić information content (AvgIpc) is 3.30. The number of nitrogens with zero attached hydrogens (tertiary/aromatic N) is 2. The Balaban J connectivity index is 1.56. The molecular formula is C20H22N2O2. The molecule has 0 radical (unpaired) electrons. The van der Waals surface area contributed by atoms with E-state index in [-0.39, 0.29) is 30.4 Å². The molecule has 1 aromatic carbocycles. The molecule has 4 nitrogen and oxygen atoms in total. The van der Waals surface area contributed by atoms with E-state index in [4.69, 9.17) is 0 Å². The molecule has 4 heteroatoms. The normalized spacial score (nSPS) is 28.9. The lowest BCUT2D eigenvalue weighted by Crippen LogP contribution is -2.65. The molecule has 1 amide bonds. The summed E-state index contributed by atoms with van der Waals surface area (Å²) in [6, 6.07) is 9.91. The number of hydrogen-bond donors (Lipinski definition) is 1. The van der Waals surface area contributed by atoms with Crippen LogP contribution in [0.25, 0.3) is 5.57 Å². The van der Waals surface area contributed by atoms with E-state index in [1.165, 1.54) is 17.6 Å². The molecule has 1 heterocycles. The van der Waals surface area contributed by atoms with Gasteiger partial charge in [0.05, 0.1) is 18.7 Å². The van der Waals surface area contributed by atoms with Gasteiger partial charge in [-0.1, -0.05) is 30.3 Å². The number of amides is 1. The molecule has 3 aliphatic rings. The summed E-state index contributed by atoms with van der Waals surface area (Å²) in [6.07, 6.45) is 7.64. The van der Waals surface area contributed by atoms with E-state index in [9.17, 15) is 15.2 Å². The van der Waals surface area contributed by atoms with E-state index in [0.29, 0.717) is 0 Å². The van der Waals surface area contributed by atoms with Crippen LogP contribution in [-0.2, 0) is 4.79 Å². The summed E-state index contributed by atoms with van der Waals surface area (Å²) in [4.78, 5) is 14.0. The highest BCUT2D eigenvalue weighted by atomic mass is 16.3. The van der Waals surface area contributed by atoms with Crippen LogP contribution in [-0.4, -0.2) is 34.6 Å². The highest BCUT2D eigenvalue weighted by Gasteiger charge is 2.53. The van der Waals surface area contributed by atoms with E-state index in [1.54, 1.807) is 4.90 Å². The lowest BCUT2D eigenvalue weighted by atomic mass is 9.75. The van der Waals surface area contributed by atoms with Gasteiger partial charge in [-0.25, -0.2) is 0 Å². The average molecular weight is 322 g/mol. The summed E-state index contributed by atoms with van der Waals surface area (Å²) in [5.41, 5.74) is 3.69. The van der Waals surface area contributed by atoms with Gasteiger partial charge in [0.2, 0.25) is 5.91 Å². The number of nitriles is 1. The molecule has 24 heavy (non-hydrogen) atoms. The summed E-state index contributed by atoms with van der Waals surface area (Å²) >= 11 is 0. The summed E-state index contributed by atoms with van der Waals surface area (Å²) in [7, 11) is 0. The zero-order valence-electron chi connectivity index (χ0n) is 13.7. The predicted octanol–water partition coefficient (Wildman–Crippen LogP) is 2.84. The smallest absolute Gasteiger partial charge is 0.227 e. The van der Waals surface area contributed by atoms with Gasteiger partial charge in [0.15, 0.2) is 0 Å². The zero-order chi connectivity index (χ0) is 16.7. The number of carbonyl (C=O) groups excluding carboxylic acids is 1. The molecule has 1 saturated heterocycles. The van der Waals surface area contributed by atoms with Gasteiger partial charge in [0.1, 0.15) is 6.04 Å². The maximum Gasteiger partial charge on any atom is 0.227 e. The number of rotatable bonds is 4. The Kier molecular flexibility index (Phi) is 3.90. The Labute approximate surface area is 142 Å². The molecule has 4 rings (SSSR count). The van der Waals surface area contributed by atoms with Crippen LogP contribution in [0.2, 0.25) is 0 Å². The van der Waals surface area contributed by atoms with E-state index in [0.717, 1.165) is 31.2 Å². The van der Waals surface area contributed by atoms with Crippen molar-refractivity contribution in [1.29, 1.82) is 5.26 Å². The topological polar surface area (TPSA) is 64.3 Å². The molecule has 1 N–H and O–H groups in total. The number of likely N-dealkylation sites (tertiary alicyclic amines) is 1. The highest BCUT2D eigenvalue weighted by molar-refractivity contribution is 5.83. The molecule has 0 unspecified atom stereocenters. The van der Waals surface area contributed by atoms with Crippen LogP contribution in [0.4, 0.5) is 0 Å². The van der Waals surface area contributed by atoms with E-state index in [2.05, 4.69) is 36.4 Å². The van der Waals surface area contributed by atoms with Crippen molar-refractivity contribution < 1.29 is 9.90 Å². The van der Waals surface area contributed by atoms with Crippen molar-refractivity contribution in [3.63, 3.8) is 0 Å². The lowest BCUT2D eigenvalue weighted by molar-refractivity contribution is -0.148. The third-order valence-electron chi connectivity index (χ3n) is 5.62. The zero-order valence-corrected chi connectivity index (χ0v) is 13.7. The van der Waals surface area contributed by atoms with Gasteiger partial charge in [0.25, 0.3) is 0 Å². The molecule has 2 aliphatic carbocycles. The second-order valence-electron chi connectivity index (χ2n) is 7.11. The third kappa shape index (κ3) is 2.44. The van der Waals surface area contributed by atoms with Gasteiger partial charge in [-0.15, -0.1) is 0 Å². The van der Waals surface area contributed by atoms with Gasteiger partial charge in [-0.2, -0.15) is 5.26 Å². The molecule has 1 aromatic rings. The van der Waals surface area contributed by atoms with E-state index >= 15 is 0 Å².